The van der Waals surface area contributed by atoms with E-state index in [0.29, 0.717) is 18.5 Å². The molecular formula is C18H31N5O2. The van der Waals surface area contributed by atoms with Crippen molar-refractivity contribution in [3.05, 3.63) is 11.6 Å². The number of nitrogens with one attached hydrogen (secondary N) is 2. The minimum Gasteiger partial charge on any atom is -0.377 e. The number of ether oxygens (including phenoxy) is 1. The monoisotopic (exact) mass is 349 g/mol. The van der Waals surface area contributed by atoms with Crippen molar-refractivity contribution in [2.24, 2.45) is 5.92 Å². The van der Waals surface area contributed by atoms with Crippen molar-refractivity contribution in [1.29, 1.82) is 0 Å². The first kappa shape index (κ1) is 18.2. The molecule has 0 saturated heterocycles. The van der Waals surface area contributed by atoms with E-state index in [1.807, 2.05) is 4.68 Å². The van der Waals surface area contributed by atoms with Gasteiger partial charge in [-0.1, -0.05) is 19.8 Å². The van der Waals surface area contributed by atoms with E-state index in [1.54, 1.807) is 7.11 Å². The molecule has 140 valence electrons. The standard InChI is InChI=1S/C18H31N5O2/c1-3-5-13-7-9-14(10-8-13)19-18(24)20-15-6-4-11-23-17(15)21-16(22-23)12-25-2/h13-15H,3-12H2,1-2H3,(H2,19,20,24)/t13?,14?,15-/m0/s1. The second-order valence-electron chi connectivity index (χ2n) is 7.36. The summed E-state index contributed by atoms with van der Waals surface area (Å²) in [5.41, 5.74) is 0. The summed E-state index contributed by atoms with van der Waals surface area (Å²) in [5, 5.41) is 10.7. The smallest absolute Gasteiger partial charge is 0.315 e. The van der Waals surface area contributed by atoms with Gasteiger partial charge in [0.05, 0.1) is 6.04 Å². The summed E-state index contributed by atoms with van der Waals surface area (Å²) >= 11 is 0. The van der Waals surface area contributed by atoms with Crippen LogP contribution in [0.15, 0.2) is 0 Å². The number of nitrogens with zero attached hydrogens (tertiary/aromatic N) is 3. The molecular weight excluding hydrogens is 318 g/mol. The van der Waals surface area contributed by atoms with Gasteiger partial charge in [-0.2, -0.15) is 5.10 Å². The molecule has 25 heavy (non-hydrogen) atoms. The highest BCUT2D eigenvalue weighted by Crippen LogP contribution is 2.28. The summed E-state index contributed by atoms with van der Waals surface area (Å²) < 4.78 is 7.01. The molecule has 1 fully saturated rings. The number of hydrogen-bond donors (Lipinski definition) is 2. The molecule has 1 atom stereocenters. The zero-order chi connectivity index (χ0) is 17.6. The molecule has 0 bridgehead atoms. The fraction of sp³-hybridized carbons (Fsp3) is 0.833. The fourth-order valence-corrected chi connectivity index (χ4v) is 4.12. The molecule has 3 rings (SSSR count). The van der Waals surface area contributed by atoms with Crippen molar-refractivity contribution in [3.8, 4) is 0 Å². The van der Waals surface area contributed by atoms with Crippen LogP contribution in [0, 0.1) is 5.92 Å². The maximum atomic E-state index is 12.4. The van der Waals surface area contributed by atoms with Gasteiger partial charge in [-0.05, 0) is 44.4 Å². The van der Waals surface area contributed by atoms with E-state index in [1.165, 1.54) is 25.7 Å². The summed E-state index contributed by atoms with van der Waals surface area (Å²) in [6.07, 6.45) is 9.14. The predicted octanol–water partition coefficient (Wildman–Crippen LogP) is 2.92. The number of urea groups is 1. The molecule has 1 saturated carbocycles. The molecule has 0 unspecified atom stereocenters. The third-order valence-corrected chi connectivity index (χ3v) is 5.38. The zero-order valence-electron chi connectivity index (χ0n) is 15.5. The van der Waals surface area contributed by atoms with Gasteiger partial charge >= 0.3 is 6.03 Å². The van der Waals surface area contributed by atoms with Gasteiger partial charge in [0.15, 0.2) is 5.82 Å². The van der Waals surface area contributed by atoms with Crippen LogP contribution in [-0.4, -0.2) is 33.9 Å². The Morgan fingerprint density at radius 3 is 2.76 bits per heavy atom. The highest BCUT2D eigenvalue weighted by molar-refractivity contribution is 5.74. The number of carbonyl (C=O) groups is 1. The SMILES string of the molecule is CCCC1CCC(NC(=O)N[C@H]2CCCn3nc(COC)nc32)CC1. The van der Waals surface area contributed by atoms with Crippen LogP contribution in [-0.2, 0) is 17.9 Å². The van der Waals surface area contributed by atoms with E-state index in [4.69, 9.17) is 4.74 Å². The topological polar surface area (TPSA) is 81.1 Å². The second kappa shape index (κ2) is 8.65. The molecule has 1 aromatic rings. The van der Waals surface area contributed by atoms with Crippen LogP contribution in [0.3, 0.4) is 0 Å². The van der Waals surface area contributed by atoms with Crippen LogP contribution in [0.2, 0.25) is 0 Å². The first-order valence-electron chi connectivity index (χ1n) is 9.69. The Morgan fingerprint density at radius 1 is 1.24 bits per heavy atom. The molecule has 0 aromatic carbocycles. The van der Waals surface area contributed by atoms with Gasteiger partial charge in [0.2, 0.25) is 0 Å². The second-order valence-corrected chi connectivity index (χ2v) is 7.36. The normalized spacial score (nSPS) is 26.1. The highest BCUT2D eigenvalue weighted by Gasteiger charge is 2.27. The summed E-state index contributed by atoms with van der Waals surface area (Å²) in [4.78, 5) is 17.0. The van der Waals surface area contributed by atoms with Crippen LogP contribution >= 0.6 is 0 Å². The minimum atomic E-state index is -0.0753. The zero-order valence-corrected chi connectivity index (χ0v) is 15.5. The maximum absolute atomic E-state index is 12.4. The Labute approximate surface area is 149 Å². The quantitative estimate of drug-likeness (QED) is 0.827. The number of aromatic nitrogens is 3. The molecule has 1 aromatic heterocycles. The van der Waals surface area contributed by atoms with E-state index in [0.717, 1.165) is 44.0 Å². The summed E-state index contributed by atoms with van der Waals surface area (Å²) in [6, 6.07) is 0.163. The molecule has 7 nitrogen and oxygen atoms in total. The average Bonchev–Trinajstić information content (AvgIpc) is 3.01. The number of methoxy groups -OCH3 is 1. The molecule has 7 heteroatoms. The van der Waals surface area contributed by atoms with Crippen LogP contribution in [0.1, 0.15) is 76.0 Å². The molecule has 2 N–H and O–H groups in total. The molecule has 0 radical (unpaired) electrons. The molecule has 2 amide bonds. The van der Waals surface area contributed by atoms with Crippen molar-refractivity contribution in [1.82, 2.24) is 25.4 Å². The Bertz CT molecular complexity index is 566. The van der Waals surface area contributed by atoms with Gasteiger partial charge in [0.25, 0.3) is 0 Å². The van der Waals surface area contributed by atoms with Gasteiger partial charge in [-0.15, -0.1) is 0 Å². The molecule has 2 heterocycles. The third-order valence-electron chi connectivity index (χ3n) is 5.38. The largest absolute Gasteiger partial charge is 0.377 e. The van der Waals surface area contributed by atoms with Crippen LogP contribution in [0.4, 0.5) is 4.79 Å². The first-order valence-corrected chi connectivity index (χ1v) is 9.69. The lowest BCUT2D eigenvalue weighted by atomic mass is 9.83. The summed E-state index contributed by atoms with van der Waals surface area (Å²) in [6.45, 7) is 3.51. The van der Waals surface area contributed by atoms with Gasteiger partial charge in [-0.25, -0.2) is 14.5 Å². The molecule has 2 aliphatic rings. The third kappa shape index (κ3) is 4.71. The lowest BCUT2D eigenvalue weighted by molar-refractivity contribution is 0.177. The average molecular weight is 349 g/mol. The van der Waals surface area contributed by atoms with E-state index >= 15 is 0 Å². The van der Waals surface area contributed by atoms with Crippen molar-refractivity contribution in [3.63, 3.8) is 0 Å². The minimum absolute atomic E-state index is 0.0664. The lowest BCUT2D eigenvalue weighted by Crippen LogP contribution is -2.45. The van der Waals surface area contributed by atoms with Crippen molar-refractivity contribution in [2.75, 3.05) is 7.11 Å². The number of amides is 2. The van der Waals surface area contributed by atoms with Crippen molar-refractivity contribution in [2.45, 2.75) is 83.5 Å². The van der Waals surface area contributed by atoms with E-state index in [9.17, 15) is 4.79 Å². The van der Waals surface area contributed by atoms with E-state index in [2.05, 4.69) is 27.6 Å². The molecule has 0 spiro atoms. The van der Waals surface area contributed by atoms with Crippen LogP contribution in [0.25, 0.3) is 0 Å². The fourth-order valence-electron chi connectivity index (χ4n) is 4.12. The Balaban J connectivity index is 1.51. The number of carbonyl (C=O) groups excluding carboxylic acids is 1. The Morgan fingerprint density at radius 2 is 2.04 bits per heavy atom. The highest BCUT2D eigenvalue weighted by atomic mass is 16.5. The van der Waals surface area contributed by atoms with Crippen molar-refractivity contribution < 1.29 is 9.53 Å². The number of aryl methyl sites for hydroxylation is 1. The number of rotatable bonds is 6. The number of hydrogen-bond acceptors (Lipinski definition) is 4. The van der Waals surface area contributed by atoms with Gasteiger partial charge in [0.1, 0.15) is 12.4 Å². The van der Waals surface area contributed by atoms with Crippen LogP contribution < -0.4 is 10.6 Å². The van der Waals surface area contributed by atoms with Gasteiger partial charge in [0, 0.05) is 19.7 Å². The summed E-state index contributed by atoms with van der Waals surface area (Å²) in [5.74, 6) is 2.38. The maximum Gasteiger partial charge on any atom is 0.315 e. The molecule has 1 aliphatic carbocycles. The van der Waals surface area contributed by atoms with Gasteiger partial charge in [-0.3, -0.25) is 0 Å². The van der Waals surface area contributed by atoms with Gasteiger partial charge < -0.3 is 15.4 Å². The van der Waals surface area contributed by atoms with E-state index < -0.39 is 0 Å². The van der Waals surface area contributed by atoms with Crippen molar-refractivity contribution >= 4 is 6.03 Å². The first-order chi connectivity index (χ1) is 12.2. The lowest BCUT2D eigenvalue weighted by Gasteiger charge is -2.30. The number of fused-ring (bicyclic) bond motifs is 1. The van der Waals surface area contributed by atoms with E-state index in [-0.39, 0.29) is 12.1 Å². The predicted molar refractivity (Wildman–Crippen MR) is 95.0 cm³/mol. The molecule has 1 aliphatic heterocycles. The Kier molecular flexibility index (Phi) is 6.29. The Hall–Kier alpha value is -1.63. The summed E-state index contributed by atoms with van der Waals surface area (Å²) in [7, 11) is 1.64. The van der Waals surface area contributed by atoms with Crippen LogP contribution in [0.5, 0.6) is 0 Å².